The molecule has 170 valence electrons. The van der Waals surface area contributed by atoms with Crippen LogP contribution < -0.4 is 9.64 Å². The van der Waals surface area contributed by atoms with E-state index in [0.29, 0.717) is 26.2 Å². The van der Waals surface area contributed by atoms with E-state index in [0.717, 1.165) is 35.8 Å². The zero-order valence-corrected chi connectivity index (χ0v) is 18.5. The lowest BCUT2D eigenvalue weighted by Gasteiger charge is -2.39. The summed E-state index contributed by atoms with van der Waals surface area (Å²) in [5, 5.41) is 0. The molecular weight excluding hydrogens is 420 g/mol. The molecule has 0 N–H and O–H groups in total. The van der Waals surface area contributed by atoms with Gasteiger partial charge in [0.05, 0.1) is 25.0 Å². The van der Waals surface area contributed by atoms with Crippen LogP contribution in [0.15, 0.2) is 65.4 Å². The predicted octanol–water partition coefficient (Wildman–Crippen LogP) is 2.77. The van der Waals surface area contributed by atoms with Crippen molar-refractivity contribution in [3.05, 3.63) is 78.0 Å². The topological polar surface area (TPSA) is 79.1 Å². The van der Waals surface area contributed by atoms with E-state index in [9.17, 15) is 9.59 Å². The molecule has 0 bridgehead atoms. The number of hydrogen-bond donors (Lipinski definition) is 0. The number of aromatic nitrogens is 1. The van der Waals surface area contributed by atoms with Crippen LogP contribution >= 0.6 is 0 Å². The lowest BCUT2D eigenvalue weighted by Crippen LogP contribution is -2.52. The fraction of sp³-hybridized carbons (Fsp3) is 0.320. The summed E-state index contributed by atoms with van der Waals surface area (Å²) >= 11 is 0. The maximum Gasteiger partial charge on any atom is 0.289 e. The first kappa shape index (κ1) is 21.1. The smallest absolute Gasteiger partial charge is 0.289 e. The zero-order valence-electron chi connectivity index (χ0n) is 18.5. The molecule has 0 saturated carbocycles. The van der Waals surface area contributed by atoms with Gasteiger partial charge >= 0.3 is 0 Å². The quantitative estimate of drug-likeness (QED) is 0.613. The van der Waals surface area contributed by atoms with E-state index >= 15 is 0 Å². The summed E-state index contributed by atoms with van der Waals surface area (Å²) in [6.07, 6.45) is 3.20. The van der Waals surface area contributed by atoms with E-state index in [-0.39, 0.29) is 17.6 Å². The molecule has 1 unspecified atom stereocenters. The second-order valence-electron chi connectivity index (χ2n) is 8.27. The minimum atomic E-state index is -0.485. The number of rotatable bonds is 4. The van der Waals surface area contributed by atoms with Gasteiger partial charge in [0.25, 0.3) is 5.91 Å². The van der Waals surface area contributed by atoms with Crippen LogP contribution in [-0.4, -0.2) is 66.4 Å². The largest absolute Gasteiger partial charge is 0.497 e. The Morgan fingerprint density at radius 2 is 1.79 bits per heavy atom. The molecule has 8 heteroatoms. The number of methoxy groups -OCH3 is 1. The monoisotopic (exact) mass is 446 g/mol. The number of nitrogens with zero attached hydrogens (tertiary/aromatic N) is 4. The van der Waals surface area contributed by atoms with Crippen LogP contribution in [0.4, 0.5) is 5.69 Å². The van der Waals surface area contributed by atoms with E-state index in [1.165, 1.54) is 6.26 Å². The van der Waals surface area contributed by atoms with Crippen LogP contribution in [0.2, 0.25) is 0 Å². The Labute approximate surface area is 192 Å². The molecule has 33 heavy (non-hydrogen) atoms. The molecule has 4 heterocycles. The third kappa shape index (κ3) is 4.16. The molecule has 2 amide bonds. The average Bonchev–Trinajstić information content (AvgIpc) is 3.42. The van der Waals surface area contributed by atoms with Crippen LogP contribution in [0.25, 0.3) is 0 Å². The van der Waals surface area contributed by atoms with E-state index < -0.39 is 5.92 Å². The molecule has 0 aliphatic carbocycles. The van der Waals surface area contributed by atoms with Gasteiger partial charge in [-0.05, 0) is 48.0 Å². The Bertz CT molecular complexity index is 1120. The molecule has 3 aromatic rings. The van der Waals surface area contributed by atoms with Crippen LogP contribution in [0.1, 0.15) is 27.7 Å². The van der Waals surface area contributed by atoms with Crippen molar-refractivity contribution in [3.8, 4) is 5.75 Å². The highest BCUT2D eigenvalue weighted by atomic mass is 16.5. The summed E-state index contributed by atoms with van der Waals surface area (Å²) in [6.45, 7) is 3.44. The summed E-state index contributed by atoms with van der Waals surface area (Å²) in [5.41, 5.74) is 2.78. The van der Waals surface area contributed by atoms with Gasteiger partial charge in [-0.15, -0.1) is 0 Å². The molecule has 2 aromatic heterocycles. The number of ether oxygens (including phenoxy) is 1. The van der Waals surface area contributed by atoms with Gasteiger partial charge in [0, 0.05) is 51.2 Å². The Balaban J connectivity index is 1.30. The van der Waals surface area contributed by atoms with Crippen molar-refractivity contribution >= 4 is 17.5 Å². The Hall–Kier alpha value is -3.81. The standard InChI is InChI=1S/C25H26N4O4/c1-32-20-8-6-19(7-9-20)27-11-13-28(14-12-27)24(30)21-17-29(25(31)22-5-3-15-33-22)16-18-4-2-10-26-23(18)21/h2-10,15,21H,11-14,16-17H2,1H3. The molecular formula is C25H26N4O4. The maximum atomic E-state index is 13.6. The molecule has 0 radical (unpaired) electrons. The maximum absolute atomic E-state index is 13.6. The molecule has 5 rings (SSSR count). The summed E-state index contributed by atoms with van der Waals surface area (Å²) in [6, 6.07) is 15.1. The lowest BCUT2D eigenvalue weighted by atomic mass is 9.93. The molecule has 1 aromatic carbocycles. The molecule has 1 atom stereocenters. The predicted molar refractivity (Wildman–Crippen MR) is 122 cm³/mol. The van der Waals surface area contributed by atoms with Crippen molar-refractivity contribution in [2.24, 2.45) is 0 Å². The number of furan rings is 1. The van der Waals surface area contributed by atoms with Crippen LogP contribution in [-0.2, 0) is 11.3 Å². The van der Waals surface area contributed by atoms with Gasteiger partial charge in [0.15, 0.2) is 5.76 Å². The highest BCUT2D eigenvalue weighted by Crippen LogP contribution is 2.30. The summed E-state index contributed by atoms with van der Waals surface area (Å²) in [7, 11) is 1.65. The fourth-order valence-corrected chi connectivity index (χ4v) is 4.58. The number of hydrogen-bond acceptors (Lipinski definition) is 6. The van der Waals surface area contributed by atoms with Crippen LogP contribution in [0.5, 0.6) is 5.75 Å². The molecule has 2 aliphatic rings. The number of amides is 2. The molecule has 2 aliphatic heterocycles. The SMILES string of the molecule is COc1ccc(N2CCN(C(=O)C3CN(C(=O)c4ccco4)Cc4cccnc43)CC2)cc1. The normalized spacial score (nSPS) is 18.1. The Morgan fingerprint density at radius 3 is 2.48 bits per heavy atom. The van der Waals surface area contributed by atoms with E-state index in [1.54, 1.807) is 30.3 Å². The first-order valence-corrected chi connectivity index (χ1v) is 11.1. The summed E-state index contributed by atoms with van der Waals surface area (Å²) < 4.78 is 10.5. The van der Waals surface area contributed by atoms with Gasteiger partial charge in [-0.25, -0.2) is 0 Å². The van der Waals surface area contributed by atoms with Crippen molar-refractivity contribution in [1.29, 1.82) is 0 Å². The van der Waals surface area contributed by atoms with E-state index in [4.69, 9.17) is 9.15 Å². The minimum Gasteiger partial charge on any atom is -0.497 e. The first-order chi connectivity index (χ1) is 16.1. The summed E-state index contributed by atoms with van der Waals surface area (Å²) in [5.74, 6) is 0.422. The van der Waals surface area contributed by atoms with Gasteiger partial charge in [0.2, 0.25) is 5.91 Å². The number of benzene rings is 1. The van der Waals surface area contributed by atoms with Crippen molar-refractivity contribution in [1.82, 2.24) is 14.8 Å². The highest BCUT2D eigenvalue weighted by molar-refractivity contribution is 5.93. The Kier molecular flexibility index (Phi) is 5.73. The van der Waals surface area contributed by atoms with Gasteiger partial charge in [0.1, 0.15) is 5.75 Å². The molecule has 8 nitrogen and oxygen atoms in total. The molecule has 1 saturated heterocycles. The van der Waals surface area contributed by atoms with Crippen molar-refractivity contribution in [2.45, 2.75) is 12.5 Å². The number of pyridine rings is 1. The highest BCUT2D eigenvalue weighted by Gasteiger charge is 2.37. The first-order valence-electron chi connectivity index (χ1n) is 11.1. The van der Waals surface area contributed by atoms with Gasteiger partial charge in [-0.2, -0.15) is 0 Å². The van der Waals surface area contributed by atoms with E-state index in [1.807, 2.05) is 41.3 Å². The van der Waals surface area contributed by atoms with Crippen molar-refractivity contribution in [2.75, 3.05) is 44.7 Å². The number of carbonyl (C=O) groups excluding carboxylic acids is 2. The second kappa shape index (κ2) is 8.97. The summed E-state index contributed by atoms with van der Waals surface area (Å²) in [4.78, 5) is 36.9. The number of piperazine rings is 1. The fourth-order valence-electron chi connectivity index (χ4n) is 4.58. The van der Waals surface area contributed by atoms with Gasteiger partial charge in [-0.1, -0.05) is 6.07 Å². The minimum absolute atomic E-state index is 0.0151. The van der Waals surface area contributed by atoms with Crippen LogP contribution in [0, 0.1) is 0 Å². The molecule has 1 fully saturated rings. The van der Waals surface area contributed by atoms with Crippen molar-refractivity contribution in [3.63, 3.8) is 0 Å². The number of anilines is 1. The van der Waals surface area contributed by atoms with E-state index in [2.05, 4.69) is 9.88 Å². The second-order valence-corrected chi connectivity index (χ2v) is 8.27. The van der Waals surface area contributed by atoms with Gasteiger partial charge < -0.3 is 23.9 Å². The van der Waals surface area contributed by atoms with Crippen LogP contribution in [0.3, 0.4) is 0 Å². The number of carbonyl (C=O) groups is 2. The Morgan fingerprint density at radius 1 is 1.00 bits per heavy atom. The zero-order chi connectivity index (χ0) is 22.8. The van der Waals surface area contributed by atoms with Gasteiger partial charge in [-0.3, -0.25) is 14.6 Å². The third-order valence-corrected chi connectivity index (χ3v) is 6.37. The van der Waals surface area contributed by atoms with Crippen molar-refractivity contribution < 1.29 is 18.7 Å². The number of fused-ring (bicyclic) bond motifs is 1. The molecule has 0 spiro atoms. The lowest BCUT2D eigenvalue weighted by molar-refractivity contribution is -0.133. The third-order valence-electron chi connectivity index (χ3n) is 6.37. The average molecular weight is 447 g/mol.